The molecule has 80 valence electrons. The van der Waals surface area contributed by atoms with Crippen LogP contribution in [-0.4, -0.2) is 34.9 Å². The molecule has 2 N–H and O–H groups in total. The van der Waals surface area contributed by atoms with Crippen LogP contribution in [0.3, 0.4) is 0 Å². The van der Waals surface area contributed by atoms with Crippen molar-refractivity contribution in [2.75, 3.05) is 13.1 Å². The molecule has 0 aromatic carbocycles. The number of likely N-dealkylation sites (tertiary alicyclic amines) is 1. The molecule has 2 heterocycles. The smallest absolute Gasteiger partial charge is 0.254 e. The summed E-state index contributed by atoms with van der Waals surface area (Å²) in [6.45, 7) is 3.31. The molecule has 1 aromatic rings. The van der Waals surface area contributed by atoms with Crippen molar-refractivity contribution in [1.82, 2.24) is 9.88 Å². The average molecular weight is 205 g/mol. The van der Waals surface area contributed by atoms with Crippen molar-refractivity contribution in [3.8, 4) is 0 Å². The van der Waals surface area contributed by atoms with Crippen LogP contribution in [0.5, 0.6) is 0 Å². The van der Waals surface area contributed by atoms with Crippen molar-refractivity contribution in [2.24, 2.45) is 5.73 Å². The number of hydrogen-bond donors (Lipinski definition) is 1. The minimum Gasteiger partial charge on any atom is -0.337 e. The van der Waals surface area contributed by atoms with Gasteiger partial charge in [0.2, 0.25) is 0 Å². The van der Waals surface area contributed by atoms with Gasteiger partial charge in [-0.1, -0.05) is 0 Å². The van der Waals surface area contributed by atoms with Crippen LogP contribution in [0.1, 0.15) is 22.5 Å². The summed E-state index contributed by atoms with van der Waals surface area (Å²) in [7, 11) is 0. The Morgan fingerprint density at radius 3 is 3.07 bits per heavy atom. The van der Waals surface area contributed by atoms with Crippen LogP contribution in [0.15, 0.2) is 18.3 Å². The maximum Gasteiger partial charge on any atom is 0.254 e. The number of aromatic nitrogens is 1. The van der Waals surface area contributed by atoms with Gasteiger partial charge in [-0.15, -0.1) is 0 Å². The Kier molecular flexibility index (Phi) is 2.68. The average Bonchev–Trinajstić information content (AvgIpc) is 2.64. The molecule has 4 nitrogen and oxygen atoms in total. The Hall–Kier alpha value is -1.42. The number of carbonyl (C=O) groups excluding carboxylic acids is 1. The van der Waals surface area contributed by atoms with Gasteiger partial charge in [0.25, 0.3) is 5.91 Å². The van der Waals surface area contributed by atoms with Gasteiger partial charge in [0.05, 0.1) is 0 Å². The van der Waals surface area contributed by atoms with Crippen LogP contribution in [0.4, 0.5) is 0 Å². The van der Waals surface area contributed by atoms with Crippen LogP contribution in [0.2, 0.25) is 0 Å². The molecule has 0 aliphatic carbocycles. The van der Waals surface area contributed by atoms with E-state index in [1.807, 2.05) is 13.0 Å². The third kappa shape index (κ3) is 2.15. The first-order valence-corrected chi connectivity index (χ1v) is 5.14. The van der Waals surface area contributed by atoms with E-state index in [4.69, 9.17) is 5.73 Å². The summed E-state index contributed by atoms with van der Waals surface area (Å²) in [5, 5.41) is 0. The lowest BCUT2D eigenvalue weighted by atomic mass is 10.2. The molecular formula is C11H15N3O. The number of rotatable bonds is 1. The van der Waals surface area contributed by atoms with Crippen molar-refractivity contribution in [1.29, 1.82) is 0 Å². The van der Waals surface area contributed by atoms with Crippen molar-refractivity contribution >= 4 is 5.91 Å². The zero-order valence-corrected chi connectivity index (χ0v) is 8.81. The Balaban J connectivity index is 2.14. The summed E-state index contributed by atoms with van der Waals surface area (Å²) >= 11 is 0. The lowest BCUT2D eigenvalue weighted by Crippen LogP contribution is -2.31. The van der Waals surface area contributed by atoms with E-state index in [9.17, 15) is 4.79 Å². The monoisotopic (exact) mass is 205 g/mol. The summed E-state index contributed by atoms with van der Waals surface area (Å²) in [5.74, 6) is 0.0634. The van der Waals surface area contributed by atoms with E-state index in [0.29, 0.717) is 12.1 Å². The third-order valence-electron chi connectivity index (χ3n) is 2.66. The first-order chi connectivity index (χ1) is 7.16. The number of nitrogens with zero attached hydrogens (tertiary/aromatic N) is 2. The van der Waals surface area contributed by atoms with E-state index in [1.165, 1.54) is 0 Å². The zero-order valence-electron chi connectivity index (χ0n) is 8.81. The number of amides is 1. The van der Waals surface area contributed by atoms with Gasteiger partial charge >= 0.3 is 0 Å². The molecule has 0 bridgehead atoms. The number of pyridine rings is 1. The Morgan fingerprint density at radius 1 is 1.67 bits per heavy atom. The van der Waals surface area contributed by atoms with Crippen molar-refractivity contribution in [2.45, 2.75) is 19.4 Å². The Labute approximate surface area is 89.1 Å². The minimum absolute atomic E-state index is 0.0634. The molecule has 0 radical (unpaired) electrons. The first-order valence-electron chi connectivity index (χ1n) is 5.14. The maximum atomic E-state index is 12.0. The predicted molar refractivity (Wildman–Crippen MR) is 57.5 cm³/mol. The zero-order chi connectivity index (χ0) is 10.8. The van der Waals surface area contributed by atoms with Gasteiger partial charge in [0, 0.05) is 36.6 Å². The van der Waals surface area contributed by atoms with Gasteiger partial charge in [-0.25, -0.2) is 0 Å². The molecule has 1 atom stereocenters. The van der Waals surface area contributed by atoms with Gasteiger partial charge in [-0.05, 0) is 25.5 Å². The largest absolute Gasteiger partial charge is 0.337 e. The molecule has 0 saturated carbocycles. The second-order valence-electron chi connectivity index (χ2n) is 3.99. The van der Waals surface area contributed by atoms with Crippen LogP contribution >= 0.6 is 0 Å². The van der Waals surface area contributed by atoms with Gasteiger partial charge in [0.15, 0.2) is 0 Å². The van der Waals surface area contributed by atoms with Crippen molar-refractivity contribution < 1.29 is 4.79 Å². The van der Waals surface area contributed by atoms with Crippen molar-refractivity contribution in [3.63, 3.8) is 0 Å². The summed E-state index contributed by atoms with van der Waals surface area (Å²) in [4.78, 5) is 17.9. The van der Waals surface area contributed by atoms with E-state index in [2.05, 4.69) is 4.98 Å². The van der Waals surface area contributed by atoms with E-state index < -0.39 is 0 Å². The van der Waals surface area contributed by atoms with E-state index in [0.717, 1.165) is 18.7 Å². The molecule has 15 heavy (non-hydrogen) atoms. The molecule has 1 aliphatic heterocycles. The van der Waals surface area contributed by atoms with Gasteiger partial charge in [-0.2, -0.15) is 0 Å². The molecule has 2 rings (SSSR count). The summed E-state index contributed by atoms with van der Waals surface area (Å²) in [5.41, 5.74) is 7.33. The van der Waals surface area contributed by atoms with Crippen LogP contribution in [0.25, 0.3) is 0 Å². The van der Waals surface area contributed by atoms with Gasteiger partial charge in [0.1, 0.15) is 0 Å². The number of carbonyl (C=O) groups is 1. The Morgan fingerprint density at radius 2 is 2.47 bits per heavy atom. The van der Waals surface area contributed by atoms with Gasteiger partial charge in [-0.3, -0.25) is 9.78 Å². The lowest BCUT2D eigenvalue weighted by molar-refractivity contribution is 0.0790. The first kappa shape index (κ1) is 10.1. The van der Waals surface area contributed by atoms with E-state index in [-0.39, 0.29) is 11.9 Å². The van der Waals surface area contributed by atoms with Crippen molar-refractivity contribution in [3.05, 3.63) is 29.6 Å². The van der Waals surface area contributed by atoms with Gasteiger partial charge < -0.3 is 10.6 Å². The molecule has 0 spiro atoms. The number of hydrogen-bond acceptors (Lipinski definition) is 3. The number of aryl methyl sites for hydroxylation is 1. The molecule has 1 saturated heterocycles. The highest BCUT2D eigenvalue weighted by atomic mass is 16.2. The highest BCUT2D eigenvalue weighted by molar-refractivity contribution is 5.94. The van der Waals surface area contributed by atoms with E-state index >= 15 is 0 Å². The summed E-state index contributed by atoms with van der Waals surface area (Å²) in [6, 6.07) is 3.70. The Bertz CT molecular complexity index is 378. The van der Waals surface area contributed by atoms with Crippen LogP contribution in [0, 0.1) is 6.92 Å². The molecule has 1 amide bonds. The molecule has 0 unspecified atom stereocenters. The SMILES string of the molecule is Cc1cc(C(=O)N2CC[C@@H](N)C2)ccn1. The second kappa shape index (κ2) is 3.98. The standard InChI is InChI=1S/C11H15N3O/c1-8-6-9(2-4-13-8)11(15)14-5-3-10(12)7-14/h2,4,6,10H,3,5,7,12H2,1H3/t10-/m1/s1. The topological polar surface area (TPSA) is 59.2 Å². The molecule has 4 heteroatoms. The quantitative estimate of drug-likeness (QED) is 0.729. The summed E-state index contributed by atoms with van der Waals surface area (Å²) < 4.78 is 0. The van der Waals surface area contributed by atoms with Crippen LogP contribution < -0.4 is 5.73 Å². The third-order valence-corrected chi connectivity index (χ3v) is 2.66. The maximum absolute atomic E-state index is 12.0. The minimum atomic E-state index is 0.0634. The number of nitrogens with two attached hydrogens (primary N) is 1. The lowest BCUT2D eigenvalue weighted by Gasteiger charge is -2.15. The molecule has 1 fully saturated rings. The fourth-order valence-electron chi connectivity index (χ4n) is 1.83. The highest BCUT2D eigenvalue weighted by Gasteiger charge is 2.24. The molecule has 1 aromatic heterocycles. The second-order valence-corrected chi connectivity index (χ2v) is 3.99. The fourth-order valence-corrected chi connectivity index (χ4v) is 1.83. The predicted octanol–water partition coefficient (Wildman–Crippen LogP) is 0.563. The molecular weight excluding hydrogens is 190 g/mol. The normalized spacial score (nSPS) is 20.7. The fraction of sp³-hybridized carbons (Fsp3) is 0.455. The summed E-state index contributed by atoms with van der Waals surface area (Å²) in [6.07, 6.45) is 2.56. The van der Waals surface area contributed by atoms with E-state index in [1.54, 1.807) is 17.2 Å². The molecule has 1 aliphatic rings. The highest BCUT2D eigenvalue weighted by Crippen LogP contribution is 2.12. The van der Waals surface area contributed by atoms with Crippen LogP contribution in [-0.2, 0) is 0 Å².